The summed E-state index contributed by atoms with van der Waals surface area (Å²) in [6.07, 6.45) is 1.71. The lowest BCUT2D eigenvalue weighted by atomic mass is 10.1. The van der Waals surface area contributed by atoms with Gasteiger partial charge in [0.15, 0.2) is 5.78 Å². The zero-order valence-corrected chi connectivity index (χ0v) is 17.4. The van der Waals surface area contributed by atoms with Gasteiger partial charge in [-0.15, -0.1) is 0 Å². The Morgan fingerprint density at radius 1 is 1.00 bits per heavy atom. The first kappa shape index (κ1) is 20.3. The summed E-state index contributed by atoms with van der Waals surface area (Å²) in [5.74, 6) is 1.25. The lowest BCUT2D eigenvalue weighted by Gasteiger charge is -2.22. The maximum absolute atomic E-state index is 11.4. The number of hydrogen-bond donors (Lipinski definition) is 2. The highest BCUT2D eigenvalue weighted by Gasteiger charge is 2.07. The molecule has 0 spiro atoms. The highest BCUT2D eigenvalue weighted by molar-refractivity contribution is 5.94. The van der Waals surface area contributed by atoms with Gasteiger partial charge in [-0.1, -0.05) is 0 Å². The van der Waals surface area contributed by atoms with Gasteiger partial charge in [0.05, 0.1) is 0 Å². The Labute approximate surface area is 172 Å². The van der Waals surface area contributed by atoms with E-state index in [0.717, 1.165) is 30.0 Å². The molecule has 6 heteroatoms. The molecule has 0 saturated carbocycles. The van der Waals surface area contributed by atoms with Gasteiger partial charge >= 0.3 is 0 Å². The molecule has 1 aromatic heterocycles. The van der Waals surface area contributed by atoms with Gasteiger partial charge in [-0.05, 0) is 81.8 Å². The summed E-state index contributed by atoms with van der Waals surface area (Å²) in [5.41, 5.74) is 4.87. The number of rotatable bonds is 8. The molecule has 0 radical (unpaired) electrons. The zero-order valence-electron chi connectivity index (χ0n) is 17.4. The summed E-state index contributed by atoms with van der Waals surface area (Å²) in [5, 5.41) is 6.54. The van der Waals surface area contributed by atoms with Crippen LogP contribution in [-0.2, 0) is 0 Å². The molecule has 0 unspecified atom stereocenters. The Hall–Kier alpha value is -3.41. The van der Waals surface area contributed by atoms with Crippen molar-refractivity contribution in [3.8, 4) is 0 Å². The second kappa shape index (κ2) is 9.19. The minimum atomic E-state index is 0.0486. The van der Waals surface area contributed by atoms with Gasteiger partial charge in [0, 0.05) is 41.9 Å². The predicted octanol–water partition coefficient (Wildman–Crippen LogP) is 5.32. The molecule has 3 aromatic rings. The Kier molecular flexibility index (Phi) is 6.44. The van der Waals surface area contributed by atoms with E-state index in [1.165, 1.54) is 5.69 Å². The van der Waals surface area contributed by atoms with Gasteiger partial charge in [-0.25, -0.2) is 4.98 Å². The fourth-order valence-electron chi connectivity index (χ4n) is 3.12. The first-order valence-electron chi connectivity index (χ1n) is 9.83. The van der Waals surface area contributed by atoms with Crippen LogP contribution < -0.4 is 15.5 Å². The van der Waals surface area contributed by atoms with Crippen LogP contribution in [0.4, 0.5) is 28.8 Å². The van der Waals surface area contributed by atoms with Crippen molar-refractivity contribution in [1.82, 2.24) is 9.97 Å². The minimum Gasteiger partial charge on any atom is -0.372 e. The van der Waals surface area contributed by atoms with Crippen molar-refractivity contribution < 1.29 is 4.79 Å². The molecule has 1 heterocycles. The number of ketones is 1. The van der Waals surface area contributed by atoms with Crippen LogP contribution >= 0.6 is 0 Å². The molecule has 2 N–H and O–H groups in total. The van der Waals surface area contributed by atoms with E-state index >= 15 is 0 Å². The number of nitrogens with one attached hydrogen (secondary N) is 2. The molecule has 2 aromatic carbocycles. The maximum atomic E-state index is 11.4. The first-order chi connectivity index (χ1) is 14.0. The van der Waals surface area contributed by atoms with E-state index in [-0.39, 0.29) is 5.78 Å². The number of carbonyl (C=O) groups is 1. The largest absolute Gasteiger partial charge is 0.372 e. The van der Waals surface area contributed by atoms with Crippen LogP contribution in [0.15, 0.2) is 54.7 Å². The Morgan fingerprint density at radius 3 is 2.34 bits per heavy atom. The molecule has 0 atom stereocenters. The Morgan fingerprint density at radius 2 is 1.72 bits per heavy atom. The molecule has 29 heavy (non-hydrogen) atoms. The van der Waals surface area contributed by atoms with E-state index in [4.69, 9.17) is 0 Å². The lowest BCUT2D eigenvalue weighted by molar-refractivity contribution is 0.101. The zero-order chi connectivity index (χ0) is 20.8. The number of benzene rings is 2. The van der Waals surface area contributed by atoms with E-state index in [9.17, 15) is 4.79 Å². The van der Waals surface area contributed by atoms with Crippen LogP contribution in [0.1, 0.15) is 36.7 Å². The molecule has 0 saturated heterocycles. The van der Waals surface area contributed by atoms with Crippen molar-refractivity contribution >= 4 is 34.6 Å². The molecule has 0 aliphatic heterocycles. The third-order valence-electron chi connectivity index (χ3n) is 4.80. The van der Waals surface area contributed by atoms with Crippen LogP contribution in [-0.4, -0.2) is 28.8 Å². The molecule has 3 rings (SSSR count). The number of aromatic nitrogens is 2. The van der Waals surface area contributed by atoms with Crippen LogP contribution in [0.2, 0.25) is 0 Å². The second-order valence-electron chi connectivity index (χ2n) is 6.82. The van der Waals surface area contributed by atoms with Gasteiger partial charge in [0.2, 0.25) is 5.95 Å². The number of carbonyl (C=O) groups excluding carboxylic acids is 1. The minimum absolute atomic E-state index is 0.0486. The molecule has 0 aliphatic carbocycles. The van der Waals surface area contributed by atoms with Crippen molar-refractivity contribution in [2.75, 3.05) is 28.6 Å². The normalized spacial score (nSPS) is 10.5. The highest BCUT2D eigenvalue weighted by Crippen LogP contribution is 2.25. The number of aryl methyl sites for hydroxylation is 1. The fraction of sp³-hybridized carbons (Fsp3) is 0.261. The maximum Gasteiger partial charge on any atom is 0.229 e. The Balaban J connectivity index is 1.73. The molecule has 150 valence electrons. The van der Waals surface area contributed by atoms with Crippen molar-refractivity contribution in [3.05, 3.63) is 65.9 Å². The van der Waals surface area contributed by atoms with E-state index in [1.54, 1.807) is 31.3 Å². The van der Waals surface area contributed by atoms with E-state index < -0.39 is 0 Å². The summed E-state index contributed by atoms with van der Waals surface area (Å²) >= 11 is 0. The second-order valence-corrected chi connectivity index (χ2v) is 6.82. The van der Waals surface area contributed by atoms with Gasteiger partial charge in [0.1, 0.15) is 5.82 Å². The van der Waals surface area contributed by atoms with E-state index in [1.807, 2.05) is 12.1 Å². The van der Waals surface area contributed by atoms with Crippen molar-refractivity contribution in [2.24, 2.45) is 0 Å². The van der Waals surface area contributed by atoms with Crippen molar-refractivity contribution in [2.45, 2.75) is 27.7 Å². The fourth-order valence-corrected chi connectivity index (χ4v) is 3.12. The molecule has 0 bridgehead atoms. The molecule has 0 fully saturated rings. The van der Waals surface area contributed by atoms with Crippen molar-refractivity contribution in [3.63, 3.8) is 0 Å². The smallest absolute Gasteiger partial charge is 0.229 e. The van der Waals surface area contributed by atoms with Gasteiger partial charge < -0.3 is 15.5 Å². The van der Waals surface area contributed by atoms with Crippen molar-refractivity contribution in [1.29, 1.82) is 0 Å². The number of hydrogen-bond acceptors (Lipinski definition) is 6. The molecule has 0 amide bonds. The number of nitrogens with zero attached hydrogens (tertiary/aromatic N) is 3. The number of Topliss-reactive ketones (excluding diaryl/α,β-unsaturated/α-hetero) is 1. The topological polar surface area (TPSA) is 70.2 Å². The third-order valence-corrected chi connectivity index (χ3v) is 4.80. The summed E-state index contributed by atoms with van der Waals surface area (Å²) in [4.78, 5) is 22.6. The highest BCUT2D eigenvalue weighted by atomic mass is 16.1. The number of anilines is 5. The summed E-state index contributed by atoms with van der Waals surface area (Å²) in [6.45, 7) is 9.91. The summed E-state index contributed by atoms with van der Waals surface area (Å²) in [6, 6.07) is 15.5. The Bertz CT molecular complexity index is 981. The molecular formula is C23H27N5O. The van der Waals surface area contributed by atoms with Gasteiger partial charge in [-0.2, -0.15) is 4.98 Å². The quantitative estimate of drug-likeness (QED) is 0.508. The van der Waals surface area contributed by atoms with Gasteiger partial charge in [-0.3, -0.25) is 4.79 Å². The standard InChI is InChI=1S/C23H27N5O/c1-5-28(6-2)20-11-12-21(16(3)15-20)26-23-24-14-13-22(27-23)25-19-9-7-18(8-10-19)17(4)29/h7-15H,5-6H2,1-4H3,(H2,24,25,26,27). The molecular weight excluding hydrogens is 362 g/mol. The average Bonchev–Trinajstić information content (AvgIpc) is 2.71. The average molecular weight is 390 g/mol. The van der Waals surface area contributed by atoms with E-state index in [2.05, 4.69) is 64.5 Å². The third kappa shape index (κ3) is 5.10. The summed E-state index contributed by atoms with van der Waals surface area (Å²) in [7, 11) is 0. The van der Waals surface area contributed by atoms with Gasteiger partial charge in [0.25, 0.3) is 0 Å². The van der Waals surface area contributed by atoms with Crippen LogP contribution in [0.25, 0.3) is 0 Å². The van der Waals surface area contributed by atoms with Crippen LogP contribution in [0.5, 0.6) is 0 Å². The monoisotopic (exact) mass is 389 g/mol. The van der Waals surface area contributed by atoms with E-state index in [0.29, 0.717) is 17.3 Å². The molecule has 0 aliphatic rings. The molecule has 6 nitrogen and oxygen atoms in total. The van der Waals surface area contributed by atoms with Crippen LogP contribution in [0, 0.1) is 6.92 Å². The van der Waals surface area contributed by atoms with Crippen LogP contribution in [0.3, 0.4) is 0 Å². The first-order valence-corrected chi connectivity index (χ1v) is 9.83. The lowest BCUT2D eigenvalue weighted by Crippen LogP contribution is -2.21. The SMILES string of the molecule is CCN(CC)c1ccc(Nc2nccc(Nc3ccc(C(C)=O)cc3)n2)c(C)c1. The summed E-state index contributed by atoms with van der Waals surface area (Å²) < 4.78 is 0. The predicted molar refractivity (Wildman–Crippen MR) is 120 cm³/mol.